The summed E-state index contributed by atoms with van der Waals surface area (Å²) in [6, 6.07) is 0. The molecule has 0 aromatic carbocycles. The molecular formula is C22H39IN6O2. The highest BCUT2D eigenvalue weighted by Crippen LogP contribution is 2.35. The smallest absolute Gasteiger partial charge is 0.194 e. The van der Waals surface area contributed by atoms with E-state index >= 15 is 0 Å². The van der Waals surface area contributed by atoms with Crippen LogP contribution in [0, 0.1) is 0 Å². The number of rotatable bonds is 5. The van der Waals surface area contributed by atoms with Crippen LogP contribution in [0.3, 0.4) is 0 Å². The molecule has 176 valence electrons. The molecule has 1 aromatic rings. The lowest BCUT2D eigenvalue weighted by Crippen LogP contribution is -2.57. The van der Waals surface area contributed by atoms with Crippen molar-refractivity contribution in [1.82, 2.24) is 24.9 Å². The van der Waals surface area contributed by atoms with Crippen molar-refractivity contribution < 1.29 is 9.47 Å². The lowest BCUT2D eigenvalue weighted by Gasteiger charge is -2.47. The third-order valence-electron chi connectivity index (χ3n) is 6.79. The number of ether oxygens (including phenoxy) is 2. The summed E-state index contributed by atoms with van der Waals surface area (Å²) in [6.07, 6.45) is 10.5. The summed E-state index contributed by atoms with van der Waals surface area (Å²) >= 11 is 0. The molecule has 0 spiro atoms. The minimum Gasteiger partial charge on any atom is -0.379 e. The first kappa shape index (κ1) is 24.7. The van der Waals surface area contributed by atoms with Crippen LogP contribution < -0.4 is 5.32 Å². The molecule has 3 aliphatic rings. The average molecular weight is 546 g/mol. The number of aryl methyl sites for hydroxylation is 1. The van der Waals surface area contributed by atoms with Crippen molar-refractivity contribution in [3.05, 3.63) is 18.0 Å². The third kappa shape index (κ3) is 6.11. The molecule has 2 aliphatic heterocycles. The summed E-state index contributed by atoms with van der Waals surface area (Å²) in [5.41, 5.74) is 1.33. The summed E-state index contributed by atoms with van der Waals surface area (Å²) < 4.78 is 13.5. The maximum Gasteiger partial charge on any atom is 0.194 e. The van der Waals surface area contributed by atoms with Gasteiger partial charge in [0.2, 0.25) is 0 Å². The van der Waals surface area contributed by atoms with Gasteiger partial charge in [0.05, 0.1) is 39.1 Å². The number of hydrogen-bond acceptors (Lipinski definition) is 5. The van der Waals surface area contributed by atoms with Gasteiger partial charge in [-0.25, -0.2) is 0 Å². The van der Waals surface area contributed by atoms with Crippen molar-refractivity contribution in [3.8, 4) is 0 Å². The van der Waals surface area contributed by atoms with Gasteiger partial charge < -0.3 is 19.7 Å². The van der Waals surface area contributed by atoms with Gasteiger partial charge in [-0.1, -0.05) is 19.3 Å². The zero-order valence-electron chi connectivity index (χ0n) is 19.1. The van der Waals surface area contributed by atoms with Gasteiger partial charge in [0, 0.05) is 50.5 Å². The van der Waals surface area contributed by atoms with Crippen LogP contribution in [0.5, 0.6) is 0 Å². The molecule has 1 unspecified atom stereocenters. The highest BCUT2D eigenvalue weighted by molar-refractivity contribution is 14.0. The molecule has 3 heterocycles. The van der Waals surface area contributed by atoms with Gasteiger partial charge in [-0.05, 0) is 19.8 Å². The fourth-order valence-electron chi connectivity index (χ4n) is 5.12. The van der Waals surface area contributed by atoms with Crippen LogP contribution in [0.1, 0.15) is 50.7 Å². The number of hydrogen-bond donors (Lipinski definition) is 1. The van der Waals surface area contributed by atoms with Crippen LogP contribution in [0.2, 0.25) is 0 Å². The molecule has 0 amide bonds. The van der Waals surface area contributed by atoms with E-state index in [1.54, 1.807) is 0 Å². The Bertz CT molecular complexity index is 700. The summed E-state index contributed by atoms with van der Waals surface area (Å²) in [5.74, 6) is 1.02. The maximum atomic E-state index is 6.05. The monoisotopic (exact) mass is 546 g/mol. The fraction of sp³-hybridized carbons (Fsp3) is 0.818. The molecule has 1 atom stereocenters. The van der Waals surface area contributed by atoms with E-state index in [1.807, 2.05) is 24.1 Å². The molecule has 1 N–H and O–H groups in total. The number of guanidine groups is 1. The number of morpholine rings is 2. The topological polar surface area (TPSA) is 67.2 Å². The maximum absolute atomic E-state index is 6.05. The van der Waals surface area contributed by atoms with Crippen LogP contribution >= 0.6 is 24.0 Å². The SMILES string of the molecule is CCNC(=NCC1(N2CCOCC2)CCCCC1)N1CCOC(c2cnn(C)c2)C1.I. The molecule has 0 radical (unpaired) electrons. The van der Waals surface area contributed by atoms with Gasteiger partial charge in [-0.3, -0.25) is 14.6 Å². The first-order valence-electron chi connectivity index (χ1n) is 11.7. The third-order valence-corrected chi connectivity index (χ3v) is 6.79. The van der Waals surface area contributed by atoms with Crippen molar-refractivity contribution in [2.75, 3.05) is 59.1 Å². The van der Waals surface area contributed by atoms with E-state index in [1.165, 1.54) is 32.1 Å². The van der Waals surface area contributed by atoms with Gasteiger partial charge in [0.15, 0.2) is 5.96 Å². The number of nitrogens with one attached hydrogen (secondary N) is 1. The van der Waals surface area contributed by atoms with Crippen LogP contribution in [0.25, 0.3) is 0 Å². The van der Waals surface area contributed by atoms with Crippen molar-refractivity contribution in [2.24, 2.45) is 12.0 Å². The Balaban J connectivity index is 0.00000272. The molecular weight excluding hydrogens is 507 g/mol. The van der Waals surface area contributed by atoms with Gasteiger partial charge in [-0.2, -0.15) is 5.10 Å². The lowest BCUT2D eigenvalue weighted by atomic mass is 9.80. The minimum absolute atomic E-state index is 0. The molecule has 0 bridgehead atoms. The van der Waals surface area contributed by atoms with Gasteiger partial charge >= 0.3 is 0 Å². The van der Waals surface area contributed by atoms with Gasteiger partial charge in [0.25, 0.3) is 0 Å². The molecule has 4 rings (SSSR count). The molecule has 9 heteroatoms. The Morgan fingerprint density at radius 3 is 2.65 bits per heavy atom. The standard InChI is InChI=1S/C22H38N6O2.HI/c1-3-23-21(27-9-14-30-20(17-27)19-15-25-26(2)16-19)24-18-22(7-5-4-6-8-22)28-10-12-29-13-11-28;/h15-16,20H,3-14,17-18H2,1-2H3,(H,23,24);1H. The Kier molecular flexibility index (Phi) is 9.42. The number of halogens is 1. The molecule has 2 saturated heterocycles. The van der Waals surface area contributed by atoms with Crippen LogP contribution in [-0.4, -0.2) is 90.2 Å². The Labute approximate surface area is 203 Å². The van der Waals surface area contributed by atoms with E-state index in [4.69, 9.17) is 14.5 Å². The summed E-state index contributed by atoms with van der Waals surface area (Å²) in [6.45, 7) is 10.0. The van der Waals surface area contributed by atoms with Crippen molar-refractivity contribution in [1.29, 1.82) is 0 Å². The Morgan fingerprint density at radius 1 is 1.19 bits per heavy atom. The number of nitrogens with zero attached hydrogens (tertiary/aromatic N) is 5. The predicted octanol–water partition coefficient (Wildman–Crippen LogP) is 2.41. The molecule has 1 saturated carbocycles. The molecule has 1 aliphatic carbocycles. The van der Waals surface area contributed by atoms with Crippen molar-refractivity contribution in [3.63, 3.8) is 0 Å². The lowest BCUT2D eigenvalue weighted by molar-refractivity contribution is -0.0337. The van der Waals surface area contributed by atoms with Crippen molar-refractivity contribution >= 4 is 29.9 Å². The minimum atomic E-state index is 0. The quantitative estimate of drug-likeness (QED) is 0.348. The Hall–Kier alpha value is -0.910. The van der Waals surface area contributed by atoms with Crippen molar-refractivity contribution in [2.45, 2.75) is 50.7 Å². The predicted molar refractivity (Wildman–Crippen MR) is 133 cm³/mol. The second-order valence-electron chi connectivity index (χ2n) is 8.81. The average Bonchev–Trinajstić information content (AvgIpc) is 3.24. The van der Waals surface area contributed by atoms with E-state index in [0.717, 1.165) is 64.0 Å². The second kappa shape index (κ2) is 11.8. The normalized spacial score (nSPS) is 25.2. The highest BCUT2D eigenvalue weighted by Gasteiger charge is 2.39. The molecule has 1 aromatic heterocycles. The number of aromatic nitrogens is 2. The first-order valence-corrected chi connectivity index (χ1v) is 11.7. The van der Waals surface area contributed by atoms with E-state index in [0.29, 0.717) is 6.61 Å². The molecule has 8 nitrogen and oxygen atoms in total. The summed E-state index contributed by atoms with van der Waals surface area (Å²) in [5, 5.41) is 7.86. The zero-order valence-corrected chi connectivity index (χ0v) is 21.4. The highest BCUT2D eigenvalue weighted by atomic mass is 127. The van der Waals surface area contributed by atoms with E-state index in [9.17, 15) is 0 Å². The summed E-state index contributed by atoms with van der Waals surface area (Å²) in [7, 11) is 1.95. The van der Waals surface area contributed by atoms with Crippen LogP contribution in [-0.2, 0) is 16.5 Å². The summed E-state index contributed by atoms with van der Waals surface area (Å²) in [4.78, 5) is 10.2. The van der Waals surface area contributed by atoms with E-state index in [2.05, 4.69) is 27.1 Å². The van der Waals surface area contributed by atoms with E-state index < -0.39 is 0 Å². The fourth-order valence-corrected chi connectivity index (χ4v) is 5.12. The zero-order chi connectivity index (χ0) is 20.8. The second-order valence-corrected chi connectivity index (χ2v) is 8.81. The number of aliphatic imine (C=N–C) groups is 1. The first-order chi connectivity index (χ1) is 14.7. The van der Waals surface area contributed by atoms with E-state index in [-0.39, 0.29) is 35.6 Å². The molecule has 31 heavy (non-hydrogen) atoms. The van der Waals surface area contributed by atoms with Gasteiger partial charge in [-0.15, -0.1) is 24.0 Å². The Morgan fingerprint density at radius 2 is 1.97 bits per heavy atom. The molecule has 3 fully saturated rings. The van der Waals surface area contributed by atoms with Crippen LogP contribution in [0.4, 0.5) is 0 Å². The largest absolute Gasteiger partial charge is 0.379 e. The van der Waals surface area contributed by atoms with Gasteiger partial charge in [0.1, 0.15) is 6.10 Å². The van der Waals surface area contributed by atoms with Crippen LogP contribution in [0.15, 0.2) is 17.4 Å².